The zero-order valence-corrected chi connectivity index (χ0v) is 7.34. The maximum absolute atomic E-state index is 9.05. The van der Waals surface area contributed by atoms with Gasteiger partial charge in [0.2, 0.25) is 0 Å². The Morgan fingerprint density at radius 2 is 2.08 bits per heavy atom. The van der Waals surface area contributed by atoms with Crippen molar-refractivity contribution >= 4 is 18.4 Å². The van der Waals surface area contributed by atoms with Gasteiger partial charge in [-0.15, -0.1) is 0 Å². The molecule has 12 heavy (non-hydrogen) atoms. The predicted octanol–water partition coefficient (Wildman–Crippen LogP) is 1.87. The maximum atomic E-state index is 9.05. The van der Waals surface area contributed by atoms with E-state index in [1.807, 2.05) is 6.79 Å². The minimum Gasteiger partial charge on any atom is -0.504 e. The van der Waals surface area contributed by atoms with E-state index in [1.165, 1.54) is 13.2 Å². The molecular weight excluding hydrogens is 180 g/mol. The molecule has 1 N–H and O–H groups in total. The van der Waals surface area contributed by atoms with E-state index in [0.29, 0.717) is 10.8 Å². The Hall–Kier alpha value is -1.22. The van der Waals surface area contributed by atoms with E-state index in [2.05, 4.69) is 0 Å². The van der Waals surface area contributed by atoms with E-state index >= 15 is 0 Å². The summed E-state index contributed by atoms with van der Waals surface area (Å²) in [5.41, 5.74) is 0. The van der Waals surface area contributed by atoms with Crippen LogP contribution < -0.4 is 4.74 Å². The van der Waals surface area contributed by atoms with Gasteiger partial charge in [0, 0.05) is 11.1 Å². The molecule has 3 nitrogen and oxygen atoms in total. The van der Waals surface area contributed by atoms with Crippen LogP contribution in [0.1, 0.15) is 0 Å². The maximum Gasteiger partial charge on any atom is 0.161 e. The van der Waals surface area contributed by atoms with E-state index in [9.17, 15) is 0 Å². The predicted molar refractivity (Wildman–Crippen MR) is 46.8 cm³/mol. The first kappa shape index (κ1) is 10.8. The molecule has 0 heterocycles. The fourth-order valence-electron chi connectivity index (χ4n) is 0.651. The SMILES string of the molecule is C=O.COc1cc(Cl)ccc1O. The summed E-state index contributed by atoms with van der Waals surface area (Å²) < 4.78 is 4.79. The molecular formula is C8H9ClO3. The number of rotatable bonds is 1. The number of phenolic OH excluding ortho intramolecular Hbond substituents is 1. The smallest absolute Gasteiger partial charge is 0.161 e. The van der Waals surface area contributed by atoms with Crippen LogP contribution in [0.25, 0.3) is 0 Å². The Morgan fingerprint density at radius 1 is 1.50 bits per heavy atom. The molecule has 1 aromatic carbocycles. The molecule has 0 fully saturated rings. The number of hydrogen-bond donors (Lipinski definition) is 1. The first-order chi connectivity index (χ1) is 5.74. The van der Waals surface area contributed by atoms with Gasteiger partial charge in [0.25, 0.3) is 0 Å². The Morgan fingerprint density at radius 3 is 2.50 bits per heavy atom. The Balaban J connectivity index is 0.000000561. The molecule has 0 spiro atoms. The quantitative estimate of drug-likeness (QED) is 0.732. The number of halogens is 1. The van der Waals surface area contributed by atoms with Crippen LogP contribution in [0.2, 0.25) is 5.02 Å². The number of hydrogen-bond acceptors (Lipinski definition) is 3. The highest BCUT2D eigenvalue weighted by Crippen LogP contribution is 2.27. The highest BCUT2D eigenvalue weighted by atomic mass is 35.5. The number of phenols is 1. The van der Waals surface area contributed by atoms with E-state index in [4.69, 9.17) is 26.2 Å². The van der Waals surface area contributed by atoms with Gasteiger partial charge in [0.1, 0.15) is 6.79 Å². The first-order valence-electron chi connectivity index (χ1n) is 3.05. The lowest BCUT2D eigenvalue weighted by atomic mass is 10.3. The molecule has 0 aliphatic rings. The molecule has 0 radical (unpaired) electrons. The molecule has 66 valence electrons. The number of carbonyl (C=O) groups excluding carboxylic acids is 1. The van der Waals surface area contributed by atoms with Crippen molar-refractivity contribution in [2.75, 3.05) is 7.11 Å². The van der Waals surface area contributed by atoms with Gasteiger partial charge < -0.3 is 14.6 Å². The summed E-state index contributed by atoms with van der Waals surface area (Å²) in [6.45, 7) is 2.00. The highest BCUT2D eigenvalue weighted by Gasteiger charge is 1.99. The third-order valence-electron chi connectivity index (χ3n) is 1.14. The van der Waals surface area contributed by atoms with Gasteiger partial charge in [-0.3, -0.25) is 0 Å². The minimum absolute atomic E-state index is 0.104. The summed E-state index contributed by atoms with van der Waals surface area (Å²) in [5.74, 6) is 0.499. The lowest BCUT2D eigenvalue weighted by molar-refractivity contribution is -0.0979. The molecule has 1 aromatic rings. The van der Waals surface area contributed by atoms with Crippen LogP contribution >= 0.6 is 11.6 Å². The largest absolute Gasteiger partial charge is 0.504 e. The van der Waals surface area contributed by atoms with Crippen LogP contribution in [0.4, 0.5) is 0 Å². The van der Waals surface area contributed by atoms with E-state index in [1.54, 1.807) is 12.1 Å². The zero-order chi connectivity index (χ0) is 9.56. The third kappa shape index (κ3) is 2.80. The van der Waals surface area contributed by atoms with Crippen molar-refractivity contribution in [3.63, 3.8) is 0 Å². The molecule has 4 heteroatoms. The minimum atomic E-state index is 0.104. The molecule has 0 saturated carbocycles. The molecule has 0 aromatic heterocycles. The van der Waals surface area contributed by atoms with E-state index in [0.717, 1.165) is 0 Å². The third-order valence-corrected chi connectivity index (χ3v) is 1.38. The van der Waals surface area contributed by atoms with Crippen molar-refractivity contribution in [1.29, 1.82) is 0 Å². The Kier molecular flexibility index (Phi) is 4.88. The average Bonchev–Trinajstić information content (AvgIpc) is 2.13. The molecule has 0 aliphatic heterocycles. The molecule has 0 saturated heterocycles. The number of benzene rings is 1. The Bertz CT molecular complexity index is 250. The topological polar surface area (TPSA) is 46.5 Å². The van der Waals surface area contributed by atoms with Gasteiger partial charge in [-0.1, -0.05) is 11.6 Å². The summed E-state index contributed by atoms with van der Waals surface area (Å²) in [4.78, 5) is 8.00. The summed E-state index contributed by atoms with van der Waals surface area (Å²) in [6.07, 6.45) is 0. The van der Waals surface area contributed by atoms with Crippen molar-refractivity contribution in [2.45, 2.75) is 0 Å². The van der Waals surface area contributed by atoms with Crippen molar-refractivity contribution < 1.29 is 14.6 Å². The van der Waals surface area contributed by atoms with Gasteiger partial charge in [-0.05, 0) is 12.1 Å². The number of methoxy groups -OCH3 is 1. The Labute approximate surface area is 75.5 Å². The summed E-state index contributed by atoms with van der Waals surface area (Å²) in [6, 6.07) is 4.64. The highest BCUT2D eigenvalue weighted by molar-refractivity contribution is 6.30. The van der Waals surface area contributed by atoms with Gasteiger partial charge in [0.05, 0.1) is 7.11 Å². The van der Waals surface area contributed by atoms with Crippen LogP contribution in [0.3, 0.4) is 0 Å². The monoisotopic (exact) mass is 188 g/mol. The normalized spacial score (nSPS) is 8.17. The molecule has 0 unspecified atom stereocenters. The van der Waals surface area contributed by atoms with Crippen LogP contribution in [-0.2, 0) is 4.79 Å². The fraction of sp³-hybridized carbons (Fsp3) is 0.125. The van der Waals surface area contributed by atoms with Gasteiger partial charge in [0.15, 0.2) is 11.5 Å². The van der Waals surface area contributed by atoms with Crippen LogP contribution in [0, 0.1) is 0 Å². The van der Waals surface area contributed by atoms with Crippen molar-refractivity contribution in [2.24, 2.45) is 0 Å². The molecule has 1 rings (SSSR count). The van der Waals surface area contributed by atoms with Crippen molar-refractivity contribution in [1.82, 2.24) is 0 Å². The fourth-order valence-corrected chi connectivity index (χ4v) is 0.814. The second kappa shape index (κ2) is 5.43. The lowest BCUT2D eigenvalue weighted by Crippen LogP contribution is -1.81. The zero-order valence-electron chi connectivity index (χ0n) is 6.58. The van der Waals surface area contributed by atoms with Gasteiger partial charge in [-0.2, -0.15) is 0 Å². The molecule has 0 atom stereocenters. The van der Waals surface area contributed by atoms with Crippen LogP contribution in [-0.4, -0.2) is 19.0 Å². The summed E-state index contributed by atoms with van der Waals surface area (Å²) in [5, 5.41) is 9.60. The number of ether oxygens (including phenoxy) is 1. The second-order valence-electron chi connectivity index (χ2n) is 1.82. The standard InChI is InChI=1S/C7H7ClO2.CH2O/c1-10-7-4-5(8)2-3-6(7)9;1-2/h2-4,9H,1H3;1H2. The lowest BCUT2D eigenvalue weighted by Gasteiger charge is -2.01. The molecule has 0 aliphatic carbocycles. The number of aromatic hydroxyl groups is 1. The number of carbonyl (C=O) groups is 1. The van der Waals surface area contributed by atoms with Crippen molar-refractivity contribution in [3.05, 3.63) is 23.2 Å². The average molecular weight is 189 g/mol. The summed E-state index contributed by atoms with van der Waals surface area (Å²) in [7, 11) is 1.48. The second-order valence-corrected chi connectivity index (χ2v) is 2.25. The van der Waals surface area contributed by atoms with Crippen LogP contribution in [0.15, 0.2) is 18.2 Å². The molecule has 0 bridgehead atoms. The van der Waals surface area contributed by atoms with Gasteiger partial charge in [-0.25, -0.2) is 0 Å². The summed E-state index contributed by atoms with van der Waals surface area (Å²) >= 11 is 5.60. The van der Waals surface area contributed by atoms with Gasteiger partial charge >= 0.3 is 0 Å². The molecule has 0 amide bonds. The van der Waals surface area contributed by atoms with E-state index < -0.39 is 0 Å². The van der Waals surface area contributed by atoms with E-state index in [-0.39, 0.29) is 5.75 Å². The van der Waals surface area contributed by atoms with Crippen LogP contribution in [0.5, 0.6) is 11.5 Å². The van der Waals surface area contributed by atoms with Crippen molar-refractivity contribution in [3.8, 4) is 11.5 Å². The first-order valence-corrected chi connectivity index (χ1v) is 3.43.